The van der Waals surface area contributed by atoms with Crippen molar-refractivity contribution in [2.45, 2.75) is 26.7 Å². The van der Waals surface area contributed by atoms with Crippen molar-refractivity contribution < 1.29 is 9.59 Å². The van der Waals surface area contributed by atoms with Crippen LogP contribution in [0.2, 0.25) is 0 Å². The number of nitrogens with one attached hydrogen (secondary N) is 4. The first-order valence-corrected chi connectivity index (χ1v) is 10.2. The summed E-state index contributed by atoms with van der Waals surface area (Å²) in [5.74, 6) is 0.619. The Morgan fingerprint density at radius 1 is 0.967 bits per heavy atom. The number of carbonyl (C=O) groups is 2. The summed E-state index contributed by atoms with van der Waals surface area (Å²) in [4.78, 5) is 27.5. The Morgan fingerprint density at radius 3 is 2.40 bits per heavy atom. The van der Waals surface area contributed by atoms with Crippen LogP contribution in [-0.2, 0) is 17.6 Å². The second kappa shape index (κ2) is 12.3. The summed E-state index contributed by atoms with van der Waals surface area (Å²) in [6, 6.07) is 15.4. The van der Waals surface area contributed by atoms with E-state index in [1.165, 1.54) is 6.92 Å². The van der Waals surface area contributed by atoms with Gasteiger partial charge in [-0.1, -0.05) is 24.3 Å². The van der Waals surface area contributed by atoms with E-state index in [4.69, 9.17) is 0 Å². The molecule has 0 spiro atoms. The van der Waals surface area contributed by atoms with Crippen LogP contribution in [0, 0.1) is 0 Å². The Hall–Kier alpha value is -3.35. The van der Waals surface area contributed by atoms with Crippen molar-refractivity contribution >= 4 is 23.5 Å². The van der Waals surface area contributed by atoms with Crippen LogP contribution in [0.4, 0.5) is 5.69 Å². The average molecular weight is 410 g/mol. The SMILES string of the molecule is CCNC(=NCCc1ccc(NC(C)=O)cc1)NCCc1cccc(C(=O)NC)c1. The van der Waals surface area contributed by atoms with Gasteiger partial charge in [-0.2, -0.15) is 0 Å². The highest BCUT2D eigenvalue weighted by atomic mass is 16.2. The molecule has 4 N–H and O–H groups in total. The van der Waals surface area contributed by atoms with Gasteiger partial charge in [-0.3, -0.25) is 14.6 Å². The number of nitrogens with zero attached hydrogens (tertiary/aromatic N) is 1. The van der Waals surface area contributed by atoms with Gasteiger partial charge in [-0.05, 0) is 55.2 Å². The van der Waals surface area contributed by atoms with E-state index in [2.05, 4.69) is 26.3 Å². The molecule has 2 amide bonds. The summed E-state index contributed by atoms with van der Waals surface area (Å²) in [5, 5.41) is 12.0. The molecule has 160 valence electrons. The second-order valence-electron chi connectivity index (χ2n) is 6.85. The molecule has 0 atom stereocenters. The zero-order chi connectivity index (χ0) is 21.8. The molecule has 2 rings (SSSR count). The normalized spacial score (nSPS) is 11.0. The van der Waals surface area contributed by atoms with Gasteiger partial charge in [0.15, 0.2) is 5.96 Å². The Kier molecular flexibility index (Phi) is 9.37. The van der Waals surface area contributed by atoms with Crippen LogP contribution in [0.5, 0.6) is 0 Å². The van der Waals surface area contributed by atoms with Crippen molar-refractivity contribution in [3.05, 3.63) is 65.2 Å². The lowest BCUT2D eigenvalue weighted by Gasteiger charge is -2.12. The van der Waals surface area contributed by atoms with Crippen LogP contribution >= 0.6 is 0 Å². The molecular weight excluding hydrogens is 378 g/mol. The average Bonchev–Trinajstić information content (AvgIpc) is 2.74. The number of hydrogen-bond acceptors (Lipinski definition) is 3. The minimum Gasteiger partial charge on any atom is -0.357 e. The molecule has 0 aromatic heterocycles. The summed E-state index contributed by atoms with van der Waals surface area (Å²) < 4.78 is 0. The number of aliphatic imine (C=N–C) groups is 1. The van der Waals surface area contributed by atoms with Gasteiger partial charge >= 0.3 is 0 Å². The Balaban J connectivity index is 1.84. The number of benzene rings is 2. The lowest BCUT2D eigenvalue weighted by molar-refractivity contribution is -0.114. The van der Waals surface area contributed by atoms with Crippen molar-refractivity contribution in [1.82, 2.24) is 16.0 Å². The summed E-state index contributed by atoms with van der Waals surface area (Å²) in [6.45, 7) is 5.68. The zero-order valence-corrected chi connectivity index (χ0v) is 17.9. The maximum absolute atomic E-state index is 11.8. The van der Waals surface area contributed by atoms with Crippen molar-refractivity contribution in [3.8, 4) is 0 Å². The van der Waals surface area contributed by atoms with Gasteiger partial charge in [-0.15, -0.1) is 0 Å². The monoisotopic (exact) mass is 409 g/mol. The van der Waals surface area contributed by atoms with Crippen molar-refractivity contribution in [3.63, 3.8) is 0 Å². The van der Waals surface area contributed by atoms with Crippen molar-refractivity contribution in [2.75, 3.05) is 32.0 Å². The maximum atomic E-state index is 11.8. The van der Waals surface area contributed by atoms with Gasteiger partial charge in [-0.25, -0.2) is 0 Å². The van der Waals surface area contributed by atoms with E-state index in [1.54, 1.807) is 7.05 Å². The lowest BCUT2D eigenvalue weighted by atomic mass is 10.1. The summed E-state index contributed by atoms with van der Waals surface area (Å²) in [7, 11) is 1.63. The first-order valence-electron chi connectivity index (χ1n) is 10.2. The number of anilines is 1. The van der Waals surface area contributed by atoms with E-state index in [0.29, 0.717) is 18.7 Å². The third kappa shape index (κ3) is 7.95. The minimum atomic E-state index is -0.0789. The first-order chi connectivity index (χ1) is 14.5. The molecule has 0 saturated heterocycles. The van der Waals surface area contributed by atoms with Gasteiger partial charge in [0.05, 0.1) is 0 Å². The van der Waals surface area contributed by atoms with Crippen molar-refractivity contribution in [2.24, 2.45) is 4.99 Å². The maximum Gasteiger partial charge on any atom is 0.251 e. The molecule has 0 aliphatic carbocycles. The smallest absolute Gasteiger partial charge is 0.251 e. The molecule has 0 bridgehead atoms. The van der Waals surface area contributed by atoms with Gasteiger partial charge in [0.2, 0.25) is 5.91 Å². The van der Waals surface area contributed by atoms with Gasteiger partial charge in [0, 0.05) is 44.9 Å². The second-order valence-corrected chi connectivity index (χ2v) is 6.85. The van der Waals surface area contributed by atoms with E-state index < -0.39 is 0 Å². The molecule has 30 heavy (non-hydrogen) atoms. The topological polar surface area (TPSA) is 94.6 Å². The highest BCUT2D eigenvalue weighted by Crippen LogP contribution is 2.10. The predicted octanol–water partition coefficient (Wildman–Crippen LogP) is 2.34. The highest BCUT2D eigenvalue weighted by Gasteiger charge is 2.04. The largest absolute Gasteiger partial charge is 0.357 e. The first kappa shape index (κ1) is 22.9. The molecule has 0 fully saturated rings. The van der Waals surface area contributed by atoms with E-state index >= 15 is 0 Å². The van der Waals surface area contributed by atoms with Gasteiger partial charge in [0.25, 0.3) is 5.91 Å². The highest BCUT2D eigenvalue weighted by molar-refractivity contribution is 5.94. The quantitative estimate of drug-likeness (QED) is 0.378. The van der Waals surface area contributed by atoms with E-state index in [0.717, 1.165) is 42.2 Å². The molecule has 0 heterocycles. The van der Waals surface area contributed by atoms with Crippen LogP contribution in [0.3, 0.4) is 0 Å². The predicted molar refractivity (Wildman–Crippen MR) is 122 cm³/mol. The number of hydrogen-bond donors (Lipinski definition) is 4. The molecule has 7 nitrogen and oxygen atoms in total. The standard InChI is InChI=1S/C23H31N5O2/c1-4-25-23(26-14-12-18-8-10-21(11-9-18)28-17(2)29)27-15-13-19-6-5-7-20(16-19)22(30)24-3/h5-11,16H,4,12-15H2,1-3H3,(H,24,30)(H,28,29)(H2,25,26,27). The summed E-state index contributed by atoms with van der Waals surface area (Å²) in [6.07, 6.45) is 1.60. The number of rotatable bonds is 9. The molecule has 0 unspecified atom stereocenters. The fraction of sp³-hybridized carbons (Fsp3) is 0.348. The number of amides is 2. The Morgan fingerprint density at radius 2 is 1.73 bits per heavy atom. The van der Waals surface area contributed by atoms with E-state index in [1.807, 2.05) is 55.5 Å². The van der Waals surface area contributed by atoms with Crippen LogP contribution < -0.4 is 21.3 Å². The third-order valence-corrected chi connectivity index (χ3v) is 4.41. The summed E-state index contributed by atoms with van der Waals surface area (Å²) in [5.41, 5.74) is 3.72. The van der Waals surface area contributed by atoms with Crippen LogP contribution in [-0.4, -0.2) is 44.5 Å². The number of carbonyl (C=O) groups excluding carboxylic acids is 2. The molecule has 0 aliphatic heterocycles. The number of guanidine groups is 1. The molecule has 0 saturated carbocycles. The Bertz CT molecular complexity index is 862. The fourth-order valence-electron chi connectivity index (χ4n) is 2.93. The third-order valence-electron chi connectivity index (χ3n) is 4.41. The zero-order valence-electron chi connectivity index (χ0n) is 17.9. The summed E-state index contributed by atoms with van der Waals surface area (Å²) >= 11 is 0. The van der Waals surface area contributed by atoms with E-state index in [-0.39, 0.29) is 11.8 Å². The lowest BCUT2D eigenvalue weighted by Crippen LogP contribution is -2.38. The van der Waals surface area contributed by atoms with Gasteiger partial charge in [0.1, 0.15) is 0 Å². The van der Waals surface area contributed by atoms with Crippen LogP contribution in [0.25, 0.3) is 0 Å². The molecular formula is C23H31N5O2. The molecule has 0 aliphatic rings. The molecule has 7 heteroatoms. The molecule has 2 aromatic rings. The van der Waals surface area contributed by atoms with Crippen LogP contribution in [0.15, 0.2) is 53.5 Å². The van der Waals surface area contributed by atoms with Crippen molar-refractivity contribution in [1.29, 1.82) is 0 Å². The fourth-order valence-corrected chi connectivity index (χ4v) is 2.93. The molecule has 2 aromatic carbocycles. The molecule has 0 radical (unpaired) electrons. The van der Waals surface area contributed by atoms with Crippen LogP contribution in [0.1, 0.15) is 35.3 Å². The minimum absolute atomic E-state index is 0.0749. The van der Waals surface area contributed by atoms with Gasteiger partial charge < -0.3 is 21.3 Å². The Labute approximate surface area is 178 Å². The van der Waals surface area contributed by atoms with E-state index in [9.17, 15) is 9.59 Å².